The number of cyclic esters (lactones) is 1. The van der Waals surface area contributed by atoms with Crippen LogP contribution in [0.2, 0.25) is 0 Å². The minimum atomic E-state index is -1.30. The largest absolute Gasteiger partial charge is 0.504 e. The minimum absolute atomic E-state index is 0.0400. The van der Waals surface area contributed by atoms with Gasteiger partial charge in [0.25, 0.3) is 0 Å². The van der Waals surface area contributed by atoms with Gasteiger partial charge < -0.3 is 19.3 Å². The maximum atomic E-state index is 11.2. The number of esters is 1. The Hall–Kier alpha value is -1.07. The fraction of sp³-hybridized carbons (Fsp3) is 0.625. The van der Waals surface area contributed by atoms with Crippen LogP contribution in [0.3, 0.4) is 0 Å². The van der Waals surface area contributed by atoms with Crippen molar-refractivity contribution in [3.63, 3.8) is 0 Å². The number of aliphatic hydroxyl groups excluding tert-OH is 1. The summed E-state index contributed by atoms with van der Waals surface area (Å²) in [4.78, 5) is 11.2. The average molecular weight is 188 g/mol. The Labute approximate surface area is 75.9 Å². The third-order valence-electron chi connectivity index (χ3n) is 1.48. The number of aliphatic hydroxyl groups is 1. The highest BCUT2D eigenvalue weighted by molar-refractivity contribution is 5.89. The monoisotopic (exact) mass is 188 g/mol. The van der Waals surface area contributed by atoms with Crippen LogP contribution in [-0.2, 0) is 19.0 Å². The molecule has 0 aromatic carbocycles. The van der Waals surface area contributed by atoms with Crippen molar-refractivity contribution in [3.8, 4) is 0 Å². The molecule has 1 N–H and O–H groups in total. The van der Waals surface area contributed by atoms with Crippen LogP contribution in [0.1, 0.15) is 13.8 Å². The van der Waals surface area contributed by atoms with Gasteiger partial charge in [-0.1, -0.05) is 0 Å². The topological polar surface area (TPSA) is 65.0 Å². The van der Waals surface area contributed by atoms with E-state index in [9.17, 15) is 9.90 Å². The summed E-state index contributed by atoms with van der Waals surface area (Å²) in [6, 6.07) is 0. The third kappa shape index (κ3) is 2.19. The summed E-state index contributed by atoms with van der Waals surface area (Å²) < 4.78 is 14.4. The van der Waals surface area contributed by atoms with E-state index < -0.39 is 18.0 Å². The maximum Gasteiger partial charge on any atom is 0.344 e. The predicted octanol–water partition coefficient (Wildman–Crippen LogP) is 0.145. The molecule has 0 radical (unpaired) electrons. The van der Waals surface area contributed by atoms with Crippen molar-refractivity contribution in [2.24, 2.45) is 0 Å². The quantitative estimate of drug-likeness (QED) is 0.360. The van der Waals surface area contributed by atoms with Gasteiger partial charge in [-0.2, -0.15) is 0 Å². The molecule has 1 aliphatic rings. The Kier molecular flexibility index (Phi) is 2.58. The number of methoxy groups -OCH3 is 1. The lowest BCUT2D eigenvalue weighted by molar-refractivity contribution is -0.280. The third-order valence-corrected chi connectivity index (χ3v) is 1.48. The zero-order valence-corrected chi connectivity index (χ0v) is 7.73. The molecule has 0 amide bonds. The number of rotatable bonds is 1. The molecule has 0 aliphatic carbocycles. The van der Waals surface area contributed by atoms with Crippen LogP contribution in [0, 0.1) is 0 Å². The Balaban J connectivity index is 2.83. The molecule has 0 aromatic rings. The molecule has 1 aliphatic heterocycles. The normalized spacial score (nSPS) is 30.0. The molecule has 74 valence electrons. The van der Waals surface area contributed by atoms with Crippen LogP contribution < -0.4 is 0 Å². The number of carbonyl (C=O) groups is 1. The van der Waals surface area contributed by atoms with E-state index >= 15 is 0 Å². The summed E-state index contributed by atoms with van der Waals surface area (Å²) in [6.45, 7) is 3.08. The second kappa shape index (κ2) is 3.35. The van der Waals surface area contributed by atoms with Gasteiger partial charge in [0.2, 0.25) is 5.79 Å². The molecular weight excluding hydrogens is 176 g/mol. The molecule has 5 heteroatoms. The molecule has 5 nitrogen and oxygen atoms in total. The summed E-state index contributed by atoms with van der Waals surface area (Å²) in [5, 5.41) is 9.33. The van der Waals surface area contributed by atoms with Crippen LogP contribution in [0.5, 0.6) is 0 Å². The van der Waals surface area contributed by atoms with Crippen molar-refractivity contribution in [2.75, 3.05) is 7.11 Å². The predicted molar refractivity (Wildman–Crippen MR) is 42.4 cm³/mol. The first-order chi connectivity index (χ1) is 5.96. The Morgan fingerprint density at radius 1 is 1.62 bits per heavy atom. The molecule has 13 heavy (non-hydrogen) atoms. The molecular formula is C8H12O5. The Morgan fingerprint density at radius 3 is 2.69 bits per heavy atom. The lowest BCUT2D eigenvalue weighted by Crippen LogP contribution is -2.44. The number of hydrogen-bond donors (Lipinski definition) is 1. The first kappa shape index (κ1) is 10.0. The summed E-state index contributed by atoms with van der Waals surface area (Å²) in [5.41, 5.74) is -0.0400. The molecule has 1 unspecified atom stereocenters. The fourth-order valence-electron chi connectivity index (χ4n) is 0.973. The molecule has 0 bridgehead atoms. The second-order valence-electron chi connectivity index (χ2n) is 3.07. The highest BCUT2D eigenvalue weighted by Crippen LogP contribution is 2.25. The lowest BCUT2D eigenvalue weighted by atomic mass is 10.2. The first-order valence-corrected chi connectivity index (χ1v) is 3.78. The molecule has 1 saturated heterocycles. The summed E-state index contributed by atoms with van der Waals surface area (Å²) in [7, 11) is 1.37. The first-order valence-electron chi connectivity index (χ1n) is 3.78. The van der Waals surface area contributed by atoms with Crippen LogP contribution in [0.25, 0.3) is 0 Å². The Morgan fingerprint density at radius 2 is 2.23 bits per heavy atom. The van der Waals surface area contributed by atoms with Crippen molar-refractivity contribution >= 4 is 5.97 Å². The smallest absolute Gasteiger partial charge is 0.344 e. The van der Waals surface area contributed by atoms with Gasteiger partial charge in [0.15, 0.2) is 6.29 Å². The van der Waals surface area contributed by atoms with Gasteiger partial charge >= 0.3 is 5.97 Å². The highest BCUT2D eigenvalue weighted by atomic mass is 16.8. The highest BCUT2D eigenvalue weighted by Gasteiger charge is 2.38. The van der Waals surface area contributed by atoms with Gasteiger partial charge in [-0.25, -0.2) is 4.79 Å². The van der Waals surface area contributed by atoms with E-state index in [4.69, 9.17) is 9.47 Å². The van der Waals surface area contributed by atoms with E-state index in [-0.39, 0.29) is 5.57 Å². The number of carbonyl (C=O) groups excluding carboxylic acids is 1. The van der Waals surface area contributed by atoms with Crippen molar-refractivity contribution in [1.29, 1.82) is 0 Å². The number of hydrogen-bond acceptors (Lipinski definition) is 5. The molecule has 0 saturated carbocycles. The maximum absolute atomic E-state index is 11.2. The SMILES string of the molecule is CO/C=C1/C(=O)OC(C)(C)OC1O. The van der Waals surface area contributed by atoms with Crippen LogP contribution in [0.4, 0.5) is 0 Å². The zero-order valence-electron chi connectivity index (χ0n) is 7.73. The molecule has 0 aromatic heterocycles. The van der Waals surface area contributed by atoms with Crippen molar-refractivity contribution in [1.82, 2.24) is 0 Å². The molecule has 1 atom stereocenters. The van der Waals surface area contributed by atoms with Crippen molar-refractivity contribution in [3.05, 3.63) is 11.8 Å². The van der Waals surface area contributed by atoms with Gasteiger partial charge in [0.1, 0.15) is 5.57 Å². The molecule has 1 fully saturated rings. The Bertz CT molecular complexity index is 243. The summed E-state index contributed by atoms with van der Waals surface area (Å²) in [6.07, 6.45) is -0.196. The zero-order chi connectivity index (χ0) is 10.1. The average Bonchev–Trinajstić information content (AvgIpc) is 1.94. The minimum Gasteiger partial charge on any atom is -0.504 e. The van der Waals surface area contributed by atoms with Gasteiger partial charge in [-0.15, -0.1) is 0 Å². The van der Waals surface area contributed by atoms with Gasteiger partial charge in [0.05, 0.1) is 13.4 Å². The molecule has 1 rings (SSSR count). The van der Waals surface area contributed by atoms with Crippen LogP contribution in [-0.4, -0.2) is 30.3 Å². The number of ether oxygens (including phenoxy) is 3. The standard InChI is InChI=1S/C8H12O5/c1-8(2)12-6(9)5(4-11-3)7(10)13-8/h4,6,9H,1-3H3/b5-4+. The van der Waals surface area contributed by atoms with E-state index in [0.29, 0.717) is 0 Å². The van der Waals surface area contributed by atoms with Gasteiger partial charge in [-0.3, -0.25) is 0 Å². The fourth-order valence-corrected chi connectivity index (χ4v) is 0.973. The van der Waals surface area contributed by atoms with E-state index in [1.165, 1.54) is 21.0 Å². The van der Waals surface area contributed by atoms with Gasteiger partial charge in [-0.05, 0) is 0 Å². The summed E-state index contributed by atoms with van der Waals surface area (Å²) >= 11 is 0. The van der Waals surface area contributed by atoms with E-state index in [0.717, 1.165) is 6.26 Å². The van der Waals surface area contributed by atoms with Crippen LogP contribution >= 0.6 is 0 Å². The van der Waals surface area contributed by atoms with Crippen molar-refractivity contribution in [2.45, 2.75) is 25.9 Å². The molecule has 1 heterocycles. The van der Waals surface area contributed by atoms with Crippen LogP contribution in [0.15, 0.2) is 11.8 Å². The summed E-state index contributed by atoms with van der Waals surface area (Å²) in [5.74, 6) is -1.73. The van der Waals surface area contributed by atoms with E-state index in [1.807, 2.05) is 0 Å². The van der Waals surface area contributed by atoms with E-state index in [1.54, 1.807) is 0 Å². The molecule has 0 spiro atoms. The lowest BCUT2D eigenvalue weighted by Gasteiger charge is -2.33. The van der Waals surface area contributed by atoms with Crippen molar-refractivity contribution < 1.29 is 24.1 Å². The second-order valence-corrected chi connectivity index (χ2v) is 3.07. The van der Waals surface area contributed by atoms with E-state index in [2.05, 4.69) is 4.74 Å². The van der Waals surface area contributed by atoms with Gasteiger partial charge in [0, 0.05) is 13.8 Å².